The van der Waals surface area contributed by atoms with Crippen molar-refractivity contribution in [3.63, 3.8) is 0 Å². The van der Waals surface area contributed by atoms with E-state index in [0.29, 0.717) is 0 Å². The van der Waals surface area contributed by atoms with Gasteiger partial charge in [-0.1, -0.05) is 0 Å². The van der Waals surface area contributed by atoms with E-state index in [1.807, 2.05) is 0 Å². The average Bonchev–Trinajstić information content (AvgIpc) is 3.16. The molecule has 2 amide bonds. The number of carbonyl (C=O) groups is 2. The van der Waals surface area contributed by atoms with Crippen LogP contribution in [-0.4, -0.2) is 78.1 Å². The lowest BCUT2D eigenvalue weighted by Gasteiger charge is -2.30. The number of anilines is 1. The van der Waals surface area contributed by atoms with Gasteiger partial charge in [-0.15, -0.1) is 0 Å². The largest absolute Gasteiger partial charge is 0.394 e. The Labute approximate surface area is 145 Å². The molecule has 0 aliphatic carbocycles. The van der Waals surface area contributed by atoms with Crippen LogP contribution < -0.4 is 16.8 Å². The first-order valence-corrected chi connectivity index (χ1v) is 7.50. The van der Waals surface area contributed by atoms with E-state index in [2.05, 4.69) is 20.3 Å². The van der Waals surface area contributed by atoms with Gasteiger partial charge in [-0.2, -0.15) is 0 Å². The number of hydrogen-bond donors (Lipinski definition) is 6. The molecule has 13 heteroatoms. The number of carbonyl (C=O) groups excluding carboxylic acids is 2. The standard InChI is InChI=1S/C13H17N7O6/c14-1-6(22)19-10-7-11(17-3-16-10)20(4-18-7)13(12(15)25)9(24)8(23)5(2-21)26-13/h3-5,8-9,21,23-24H,1-2,14H2,(H2,15,25)(H,16,17,19,22)/t5-,8-,9-,13+/m1/s1. The van der Waals surface area contributed by atoms with Crippen LogP contribution in [0.3, 0.4) is 0 Å². The van der Waals surface area contributed by atoms with Crippen molar-refractivity contribution >= 4 is 28.8 Å². The van der Waals surface area contributed by atoms with Gasteiger partial charge in [-0.05, 0) is 0 Å². The number of amides is 2. The number of aliphatic hydroxyl groups is 3. The van der Waals surface area contributed by atoms with E-state index in [9.17, 15) is 24.9 Å². The van der Waals surface area contributed by atoms with Crippen molar-refractivity contribution < 1.29 is 29.6 Å². The van der Waals surface area contributed by atoms with Gasteiger partial charge in [0.05, 0.1) is 13.2 Å². The molecule has 13 nitrogen and oxygen atoms in total. The fourth-order valence-electron chi connectivity index (χ4n) is 2.82. The van der Waals surface area contributed by atoms with Crippen molar-refractivity contribution in [2.24, 2.45) is 11.5 Å². The van der Waals surface area contributed by atoms with Crippen LogP contribution in [0.4, 0.5) is 5.82 Å². The molecule has 0 saturated carbocycles. The summed E-state index contributed by atoms with van der Waals surface area (Å²) in [7, 11) is 0. The number of rotatable bonds is 5. The molecule has 3 heterocycles. The third kappa shape index (κ3) is 2.49. The van der Waals surface area contributed by atoms with Crippen molar-refractivity contribution in [2.75, 3.05) is 18.5 Å². The van der Waals surface area contributed by atoms with Crippen LogP contribution >= 0.6 is 0 Å². The predicted molar refractivity (Wildman–Crippen MR) is 84.1 cm³/mol. The number of nitrogens with zero attached hydrogens (tertiary/aromatic N) is 4. The Kier molecular flexibility index (Phi) is 4.55. The normalized spacial score (nSPS) is 28.4. The zero-order chi connectivity index (χ0) is 19.1. The van der Waals surface area contributed by atoms with Gasteiger partial charge in [0.1, 0.15) is 31.0 Å². The van der Waals surface area contributed by atoms with Crippen molar-refractivity contribution in [2.45, 2.75) is 24.0 Å². The molecule has 1 aliphatic heterocycles. The fourth-order valence-corrected chi connectivity index (χ4v) is 2.82. The van der Waals surface area contributed by atoms with Crippen LogP contribution in [0.1, 0.15) is 0 Å². The lowest BCUT2D eigenvalue weighted by molar-refractivity contribution is -0.172. The third-order valence-electron chi connectivity index (χ3n) is 4.10. The summed E-state index contributed by atoms with van der Waals surface area (Å²) in [6, 6.07) is 0. The SMILES string of the molecule is NCC(=O)Nc1ncnc2c1ncn2[C@]1(C(N)=O)O[C@H](CO)[C@@H](O)[C@H]1O. The summed E-state index contributed by atoms with van der Waals surface area (Å²) in [5.74, 6) is -1.64. The molecule has 2 aromatic heterocycles. The minimum Gasteiger partial charge on any atom is -0.394 e. The summed E-state index contributed by atoms with van der Waals surface area (Å²) in [4.78, 5) is 35.6. The molecule has 140 valence electrons. The first-order valence-electron chi connectivity index (χ1n) is 7.50. The Bertz CT molecular complexity index is 857. The lowest BCUT2D eigenvalue weighted by Crippen LogP contribution is -2.54. The van der Waals surface area contributed by atoms with Gasteiger partial charge in [0.15, 0.2) is 17.0 Å². The van der Waals surface area contributed by atoms with Crippen molar-refractivity contribution in [1.82, 2.24) is 19.5 Å². The van der Waals surface area contributed by atoms with Gasteiger partial charge < -0.3 is 36.8 Å². The number of fused-ring (bicyclic) bond motifs is 1. The van der Waals surface area contributed by atoms with E-state index < -0.39 is 42.5 Å². The molecule has 1 saturated heterocycles. The second-order valence-electron chi connectivity index (χ2n) is 5.60. The Balaban J connectivity index is 2.16. The molecule has 1 aliphatic rings. The molecule has 0 spiro atoms. The van der Waals surface area contributed by atoms with E-state index in [1.54, 1.807) is 0 Å². The van der Waals surface area contributed by atoms with E-state index in [0.717, 1.165) is 17.2 Å². The number of primary amides is 1. The van der Waals surface area contributed by atoms with Crippen molar-refractivity contribution in [3.05, 3.63) is 12.7 Å². The van der Waals surface area contributed by atoms with Crippen molar-refractivity contribution in [3.8, 4) is 0 Å². The molecular weight excluding hydrogens is 350 g/mol. The number of imidazole rings is 1. The summed E-state index contributed by atoms with van der Waals surface area (Å²) >= 11 is 0. The minimum absolute atomic E-state index is 0.00374. The predicted octanol–water partition coefficient (Wildman–Crippen LogP) is -4.03. The summed E-state index contributed by atoms with van der Waals surface area (Å²) in [6.45, 7) is -0.948. The Morgan fingerprint density at radius 2 is 2.08 bits per heavy atom. The van der Waals surface area contributed by atoms with Crippen LogP contribution in [0.15, 0.2) is 12.7 Å². The first-order chi connectivity index (χ1) is 12.4. The van der Waals surface area contributed by atoms with Gasteiger partial charge in [-0.3, -0.25) is 14.2 Å². The minimum atomic E-state index is -2.26. The number of ether oxygens (including phenoxy) is 1. The molecule has 26 heavy (non-hydrogen) atoms. The van der Waals surface area contributed by atoms with E-state index in [1.165, 1.54) is 0 Å². The van der Waals surface area contributed by atoms with Gasteiger partial charge in [0, 0.05) is 0 Å². The average molecular weight is 367 g/mol. The second-order valence-corrected chi connectivity index (χ2v) is 5.60. The summed E-state index contributed by atoms with van der Waals surface area (Å²) in [5, 5.41) is 32.1. The zero-order valence-corrected chi connectivity index (χ0v) is 13.3. The molecule has 1 fully saturated rings. The van der Waals surface area contributed by atoms with Crippen LogP contribution in [0, 0.1) is 0 Å². The molecular formula is C13H17N7O6. The highest BCUT2D eigenvalue weighted by Crippen LogP contribution is 2.37. The number of nitrogens with two attached hydrogens (primary N) is 2. The number of aromatic nitrogens is 4. The second kappa shape index (κ2) is 6.54. The Morgan fingerprint density at radius 1 is 1.35 bits per heavy atom. The number of hydrogen-bond acceptors (Lipinski definition) is 10. The molecule has 0 bridgehead atoms. The molecule has 2 aromatic rings. The van der Waals surface area contributed by atoms with E-state index >= 15 is 0 Å². The lowest BCUT2D eigenvalue weighted by atomic mass is 10.0. The molecule has 0 unspecified atom stereocenters. The van der Waals surface area contributed by atoms with Crippen LogP contribution in [0.2, 0.25) is 0 Å². The summed E-state index contributed by atoms with van der Waals surface area (Å²) in [6.07, 6.45) is -2.46. The van der Waals surface area contributed by atoms with Gasteiger partial charge in [0.25, 0.3) is 11.6 Å². The first kappa shape index (κ1) is 18.1. The monoisotopic (exact) mass is 367 g/mol. The smallest absolute Gasteiger partial charge is 0.274 e. The van der Waals surface area contributed by atoms with Gasteiger partial charge in [0.2, 0.25) is 5.91 Å². The van der Waals surface area contributed by atoms with Gasteiger partial charge in [-0.25, -0.2) is 15.0 Å². The highest BCUT2D eigenvalue weighted by molar-refractivity contribution is 5.98. The van der Waals surface area contributed by atoms with Crippen LogP contribution in [0.25, 0.3) is 11.2 Å². The number of nitrogens with one attached hydrogen (secondary N) is 1. The quantitative estimate of drug-likeness (QED) is 0.301. The highest BCUT2D eigenvalue weighted by Gasteiger charge is 2.60. The van der Waals surface area contributed by atoms with E-state index in [-0.39, 0.29) is 23.5 Å². The molecule has 8 N–H and O–H groups in total. The third-order valence-corrected chi connectivity index (χ3v) is 4.10. The van der Waals surface area contributed by atoms with E-state index in [4.69, 9.17) is 16.2 Å². The maximum atomic E-state index is 12.2. The maximum Gasteiger partial charge on any atom is 0.274 e. The highest BCUT2D eigenvalue weighted by atomic mass is 16.6. The Hall–Kier alpha value is -2.71. The Morgan fingerprint density at radius 3 is 2.65 bits per heavy atom. The molecule has 4 atom stereocenters. The topological polar surface area (TPSA) is 212 Å². The summed E-state index contributed by atoms with van der Waals surface area (Å²) < 4.78 is 6.43. The molecule has 0 aromatic carbocycles. The van der Waals surface area contributed by atoms with Crippen molar-refractivity contribution in [1.29, 1.82) is 0 Å². The molecule has 0 radical (unpaired) electrons. The van der Waals surface area contributed by atoms with Crippen LogP contribution in [-0.2, 0) is 20.1 Å². The van der Waals surface area contributed by atoms with Gasteiger partial charge >= 0.3 is 0 Å². The maximum absolute atomic E-state index is 12.2. The molecule has 3 rings (SSSR count). The number of aliphatic hydroxyl groups excluding tert-OH is 3. The van der Waals surface area contributed by atoms with Crippen LogP contribution in [0.5, 0.6) is 0 Å². The zero-order valence-electron chi connectivity index (χ0n) is 13.3. The fraction of sp³-hybridized carbons (Fsp3) is 0.462. The summed E-state index contributed by atoms with van der Waals surface area (Å²) in [5.41, 5.74) is 8.49.